The van der Waals surface area contributed by atoms with Crippen LogP contribution in [0.3, 0.4) is 0 Å². The summed E-state index contributed by atoms with van der Waals surface area (Å²) in [5.74, 6) is 3.07. The Bertz CT molecular complexity index is 425. The quantitative estimate of drug-likeness (QED) is 0.748. The lowest BCUT2D eigenvalue weighted by molar-refractivity contribution is 0.135. The topological polar surface area (TPSA) is 40.5 Å². The standard InChI is InChI=1S/C19H30O2S/c1-2-22-12-13-9-15-11-19(21)16(17(15)10-13)7-8-18(20)14-5-3-4-6-14/h7-8,12,14-21H,2-6,9-11H2,1H3/t15-,16+,17-,18+,19+/m0/s1. The van der Waals surface area contributed by atoms with Gasteiger partial charge in [-0.25, -0.2) is 0 Å². The van der Waals surface area contributed by atoms with Gasteiger partial charge in [0, 0.05) is 5.92 Å². The molecule has 0 heterocycles. The number of aliphatic hydroxyl groups is 2. The number of fused-ring (bicyclic) bond motifs is 1. The van der Waals surface area contributed by atoms with Crippen molar-refractivity contribution < 1.29 is 10.2 Å². The van der Waals surface area contributed by atoms with E-state index < -0.39 is 0 Å². The molecule has 0 unspecified atom stereocenters. The predicted molar refractivity (Wildman–Crippen MR) is 93.6 cm³/mol. The third kappa shape index (κ3) is 3.63. The van der Waals surface area contributed by atoms with Gasteiger partial charge in [0.2, 0.25) is 0 Å². The van der Waals surface area contributed by atoms with Crippen molar-refractivity contribution in [3.63, 3.8) is 0 Å². The van der Waals surface area contributed by atoms with E-state index in [9.17, 15) is 10.2 Å². The summed E-state index contributed by atoms with van der Waals surface area (Å²) in [7, 11) is 0. The minimum atomic E-state index is -0.305. The van der Waals surface area contributed by atoms with Crippen LogP contribution in [0.25, 0.3) is 0 Å². The molecule has 3 heteroatoms. The Kier molecular flexibility index (Phi) is 5.69. The van der Waals surface area contributed by atoms with Gasteiger partial charge in [0.05, 0.1) is 12.2 Å². The summed E-state index contributed by atoms with van der Waals surface area (Å²) in [6.07, 6.45) is 11.7. The van der Waals surface area contributed by atoms with Crippen LogP contribution in [-0.2, 0) is 0 Å². The molecule has 0 spiro atoms. The molecule has 3 rings (SSSR count). The molecule has 0 aromatic heterocycles. The monoisotopic (exact) mass is 322 g/mol. The lowest BCUT2D eigenvalue weighted by Crippen LogP contribution is -2.19. The van der Waals surface area contributed by atoms with E-state index in [0.717, 1.165) is 31.4 Å². The van der Waals surface area contributed by atoms with Gasteiger partial charge in [0.15, 0.2) is 0 Å². The fourth-order valence-electron chi connectivity index (χ4n) is 4.77. The first-order valence-electron chi connectivity index (χ1n) is 9.03. The second-order valence-corrected chi connectivity index (χ2v) is 8.51. The molecule has 3 saturated carbocycles. The highest BCUT2D eigenvalue weighted by atomic mass is 32.2. The van der Waals surface area contributed by atoms with E-state index in [4.69, 9.17) is 0 Å². The highest BCUT2D eigenvalue weighted by Crippen LogP contribution is 2.50. The molecule has 3 fully saturated rings. The number of allylic oxidation sites excluding steroid dienone is 1. The smallest absolute Gasteiger partial charge is 0.0749 e. The van der Waals surface area contributed by atoms with Gasteiger partial charge in [-0.2, -0.15) is 0 Å². The molecular weight excluding hydrogens is 292 g/mol. The van der Waals surface area contributed by atoms with Crippen LogP contribution >= 0.6 is 11.8 Å². The summed E-state index contributed by atoms with van der Waals surface area (Å²) in [6, 6.07) is 0. The third-order valence-electron chi connectivity index (χ3n) is 5.94. The first-order chi connectivity index (χ1) is 10.7. The minimum absolute atomic E-state index is 0.206. The SMILES string of the molecule is CCSC=C1C[C@H]2C[C@@H](O)[C@H](C=C[C@@H](O)C3CCCC3)[C@H]2C1. The van der Waals surface area contributed by atoms with Crippen molar-refractivity contribution in [2.45, 2.75) is 64.1 Å². The van der Waals surface area contributed by atoms with E-state index in [1.807, 2.05) is 17.8 Å². The average Bonchev–Trinajstić information content (AvgIpc) is 3.19. The molecule has 22 heavy (non-hydrogen) atoms. The largest absolute Gasteiger partial charge is 0.392 e. The van der Waals surface area contributed by atoms with Crippen LogP contribution in [-0.4, -0.2) is 28.2 Å². The van der Waals surface area contributed by atoms with Crippen molar-refractivity contribution in [2.24, 2.45) is 23.7 Å². The summed E-state index contributed by atoms with van der Waals surface area (Å²) in [4.78, 5) is 0. The molecule has 3 aliphatic carbocycles. The maximum absolute atomic E-state index is 10.4. The number of aliphatic hydroxyl groups excluding tert-OH is 2. The second kappa shape index (κ2) is 7.55. The fourth-order valence-corrected chi connectivity index (χ4v) is 5.36. The van der Waals surface area contributed by atoms with Crippen molar-refractivity contribution in [2.75, 3.05) is 5.75 Å². The molecule has 0 amide bonds. The minimum Gasteiger partial charge on any atom is -0.392 e. The maximum atomic E-state index is 10.4. The van der Waals surface area contributed by atoms with Gasteiger partial charge in [-0.15, -0.1) is 11.8 Å². The Morgan fingerprint density at radius 1 is 1.27 bits per heavy atom. The second-order valence-electron chi connectivity index (χ2n) is 7.36. The molecule has 124 valence electrons. The summed E-state index contributed by atoms with van der Waals surface area (Å²) < 4.78 is 0. The molecule has 2 N–H and O–H groups in total. The predicted octanol–water partition coefficient (Wildman–Crippen LogP) is 4.14. The summed E-state index contributed by atoms with van der Waals surface area (Å²) in [5, 5.41) is 23.0. The van der Waals surface area contributed by atoms with Gasteiger partial charge in [-0.05, 0) is 61.0 Å². The maximum Gasteiger partial charge on any atom is 0.0749 e. The molecule has 0 bridgehead atoms. The Balaban J connectivity index is 1.60. The average molecular weight is 323 g/mol. The Hall–Kier alpha value is -0.250. The summed E-state index contributed by atoms with van der Waals surface area (Å²) in [6.45, 7) is 2.19. The number of rotatable bonds is 5. The van der Waals surface area contributed by atoms with E-state index in [0.29, 0.717) is 17.8 Å². The van der Waals surface area contributed by atoms with Crippen LogP contribution < -0.4 is 0 Å². The third-order valence-corrected chi connectivity index (χ3v) is 6.77. The van der Waals surface area contributed by atoms with Crippen molar-refractivity contribution in [3.05, 3.63) is 23.1 Å². The molecule has 5 atom stereocenters. The summed E-state index contributed by atoms with van der Waals surface area (Å²) in [5.41, 5.74) is 1.57. The first kappa shape index (κ1) is 16.6. The number of hydrogen-bond donors (Lipinski definition) is 2. The zero-order chi connectivity index (χ0) is 15.5. The van der Waals surface area contributed by atoms with Gasteiger partial charge in [0.25, 0.3) is 0 Å². The molecule has 0 saturated heterocycles. The first-order valence-corrected chi connectivity index (χ1v) is 10.1. The van der Waals surface area contributed by atoms with Crippen molar-refractivity contribution in [1.29, 1.82) is 0 Å². The van der Waals surface area contributed by atoms with E-state index in [-0.39, 0.29) is 18.1 Å². The Morgan fingerprint density at radius 2 is 2.05 bits per heavy atom. The van der Waals surface area contributed by atoms with E-state index >= 15 is 0 Å². The van der Waals surface area contributed by atoms with Gasteiger partial charge in [-0.1, -0.05) is 37.5 Å². The molecule has 0 radical (unpaired) electrons. The lowest BCUT2D eigenvalue weighted by Gasteiger charge is -2.19. The summed E-state index contributed by atoms with van der Waals surface area (Å²) >= 11 is 1.90. The van der Waals surface area contributed by atoms with Crippen LogP contribution in [0.4, 0.5) is 0 Å². The van der Waals surface area contributed by atoms with Gasteiger partial charge in [0.1, 0.15) is 0 Å². The van der Waals surface area contributed by atoms with E-state index in [2.05, 4.69) is 18.4 Å². The van der Waals surface area contributed by atoms with Crippen molar-refractivity contribution >= 4 is 11.8 Å². The normalized spacial score (nSPS) is 39.1. The number of hydrogen-bond acceptors (Lipinski definition) is 3. The molecule has 0 aliphatic heterocycles. The van der Waals surface area contributed by atoms with Crippen LogP contribution in [0.15, 0.2) is 23.1 Å². The fraction of sp³-hybridized carbons (Fsp3) is 0.789. The van der Waals surface area contributed by atoms with Gasteiger partial charge < -0.3 is 10.2 Å². The molecule has 0 aromatic carbocycles. The highest BCUT2D eigenvalue weighted by molar-refractivity contribution is 8.02. The zero-order valence-corrected chi connectivity index (χ0v) is 14.5. The van der Waals surface area contributed by atoms with Crippen molar-refractivity contribution in [1.82, 2.24) is 0 Å². The van der Waals surface area contributed by atoms with Crippen LogP contribution in [0.5, 0.6) is 0 Å². The Morgan fingerprint density at radius 3 is 2.77 bits per heavy atom. The highest BCUT2D eigenvalue weighted by Gasteiger charge is 2.45. The molecule has 2 nitrogen and oxygen atoms in total. The van der Waals surface area contributed by atoms with Crippen LogP contribution in [0.2, 0.25) is 0 Å². The molecule has 0 aromatic rings. The molecular formula is C19H30O2S. The van der Waals surface area contributed by atoms with Crippen LogP contribution in [0.1, 0.15) is 51.9 Å². The van der Waals surface area contributed by atoms with E-state index in [1.165, 1.54) is 19.3 Å². The van der Waals surface area contributed by atoms with Gasteiger partial charge in [-0.3, -0.25) is 0 Å². The molecule has 3 aliphatic rings. The van der Waals surface area contributed by atoms with Gasteiger partial charge >= 0.3 is 0 Å². The van der Waals surface area contributed by atoms with Crippen LogP contribution in [0, 0.1) is 23.7 Å². The Labute approximate surface area is 139 Å². The zero-order valence-electron chi connectivity index (χ0n) is 13.7. The number of thioether (sulfide) groups is 1. The van der Waals surface area contributed by atoms with Crippen molar-refractivity contribution in [3.8, 4) is 0 Å². The lowest BCUT2D eigenvalue weighted by atomic mass is 9.89. The van der Waals surface area contributed by atoms with E-state index in [1.54, 1.807) is 5.57 Å².